The summed E-state index contributed by atoms with van der Waals surface area (Å²) in [7, 11) is 0. The number of rotatable bonds is 4. The standard InChI is InChI=1S/C10H10Cl2FNO.ClH/c11-7-1-2-10(9(12)5-7)15-6-8(13)3-4-14;/h1-3,5H,4,6,14H2;1H/b8-3-;. The van der Waals surface area contributed by atoms with Gasteiger partial charge in [-0.15, -0.1) is 12.4 Å². The highest BCUT2D eigenvalue weighted by molar-refractivity contribution is 6.35. The van der Waals surface area contributed by atoms with E-state index in [4.69, 9.17) is 33.7 Å². The highest BCUT2D eigenvalue weighted by Crippen LogP contribution is 2.27. The molecule has 1 aromatic carbocycles. The predicted octanol–water partition coefficient (Wildman–Crippen LogP) is 3.61. The fraction of sp³-hybridized carbons (Fsp3) is 0.200. The van der Waals surface area contributed by atoms with Gasteiger partial charge in [0.1, 0.15) is 18.2 Å². The smallest absolute Gasteiger partial charge is 0.139 e. The van der Waals surface area contributed by atoms with Crippen molar-refractivity contribution in [1.29, 1.82) is 0 Å². The van der Waals surface area contributed by atoms with E-state index >= 15 is 0 Å². The Morgan fingerprint density at radius 1 is 1.44 bits per heavy atom. The van der Waals surface area contributed by atoms with Gasteiger partial charge < -0.3 is 10.5 Å². The largest absolute Gasteiger partial charge is 0.485 e. The summed E-state index contributed by atoms with van der Waals surface area (Å²) >= 11 is 11.5. The van der Waals surface area contributed by atoms with Crippen molar-refractivity contribution >= 4 is 35.6 Å². The van der Waals surface area contributed by atoms with Gasteiger partial charge in [0.15, 0.2) is 0 Å². The summed E-state index contributed by atoms with van der Waals surface area (Å²) in [4.78, 5) is 0. The highest BCUT2D eigenvalue weighted by Gasteiger charge is 2.03. The lowest BCUT2D eigenvalue weighted by Gasteiger charge is -2.06. The third-order valence-electron chi connectivity index (χ3n) is 1.60. The minimum absolute atomic E-state index is 0. The number of hydrogen-bond donors (Lipinski definition) is 1. The molecule has 0 amide bonds. The molecule has 16 heavy (non-hydrogen) atoms. The molecule has 0 fully saturated rings. The second-order valence-corrected chi connectivity index (χ2v) is 3.59. The molecule has 0 unspecified atom stereocenters. The summed E-state index contributed by atoms with van der Waals surface area (Å²) in [5, 5.41) is 0.855. The Labute approximate surface area is 110 Å². The lowest BCUT2D eigenvalue weighted by Crippen LogP contribution is -2.01. The zero-order valence-corrected chi connectivity index (χ0v) is 10.6. The van der Waals surface area contributed by atoms with Crippen LogP contribution in [0.3, 0.4) is 0 Å². The van der Waals surface area contributed by atoms with Crippen molar-refractivity contribution < 1.29 is 9.13 Å². The summed E-state index contributed by atoms with van der Waals surface area (Å²) in [5.74, 6) is -0.0369. The summed E-state index contributed by atoms with van der Waals surface area (Å²) < 4.78 is 18.0. The third kappa shape index (κ3) is 5.03. The minimum Gasteiger partial charge on any atom is -0.485 e. The van der Waals surface area contributed by atoms with Crippen molar-refractivity contribution in [3.8, 4) is 5.75 Å². The molecule has 6 heteroatoms. The Balaban J connectivity index is 0.00000225. The van der Waals surface area contributed by atoms with E-state index in [2.05, 4.69) is 0 Å². The maximum atomic E-state index is 12.9. The van der Waals surface area contributed by atoms with E-state index in [-0.39, 0.29) is 25.6 Å². The van der Waals surface area contributed by atoms with E-state index in [0.29, 0.717) is 15.8 Å². The Kier molecular flexibility index (Phi) is 7.51. The third-order valence-corrected chi connectivity index (χ3v) is 2.13. The number of nitrogens with two attached hydrogens (primary N) is 1. The van der Waals surface area contributed by atoms with E-state index < -0.39 is 5.83 Å². The first kappa shape index (κ1) is 15.5. The molecule has 0 radical (unpaired) electrons. The highest BCUT2D eigenvalue weighted by atomic mass is 35.5. The molecular weight excluding hydrogens is 275 g/mol. The van der Waals surface area contributed by atoms with Crippen LogP contribution in [0.25, 0.3) is 0 Å². The second-order valence-electron chi connectivity index (χ2n) is 2.75. The van der Waals surface area contributed by atoms with Gasteiger partial charge in [-0.05, 0) is 24.3 Å². The van der Waals surface area contributed by atoms with Crippen molar-refractivity contribution in [2.45, 2.75) is 0 Å². The van der Waals surface area contributed by atoms with Gasteiger partial charge in [-0.2, -0.15) is 0 Å². The molecule has 0 heterocycles. The molecule has 0 aliphatic heterocycles. The number of halogens is 4. The fourth-order valence-corrected chi connectivity index (χ4v) is 1.39. The van der Waals surface area contributed by atoms with Crippen LogP contribution in [0, 0.1) is 0 Å². The maximum absolute atomic E-state index is 12.9. The van der Waals surface area contributed by atoms with Gasteiger partial charge >= 0.3 is 0 Å². The summed E-state index contributed by atoms with van der Waals surface area (Å²) in [5.41, 5.74) is 5.13. The number of hydrogen-bond acceptors (Lipinski definition) is 2. The van der Waals surface area contributed by atoms with Gasteiger partial charge in [-0.1, -0.05) is 23.2 Å². The topological polar surface area (TPSA) is 35.2 Å². The van der Waals surface area contributed by atoms with Crippen LogP contribution >= 0.6 is 35.6 Å². The van der Waals surface area contributed by atoms with Crippen LogP contribution in [0.15, 0.2) is 30.1 Å². The lowest BCUT2D eigenvalue weighted by molar-refractivity contribution is 0.318. The van der Waals surface area contributed by atoms with E-state index in [1.807, 2.05) is 0 Å². The molecule has 0 aliphatic carbocycles. The fourth-order valence-electron chi connectivity index (χ4n) is 0.926. The first-order valence-corrected chi connectivity index (χ1v) is 5.01. The van der Waals surface area contributed by atoms with Crippen molar-refractivity contribution in [2.75, 3.05) is 13.2 Å². The minimum atomic E-state index is -0.427. The molecular formula is C10H11Cl3FNO. The van der Waals surface area contributed by atoms with Crippen LogP contribution in [-0.4, -0.2) is 13.2 Å². The number of ether oxygens (including phenoxy) is 1. The first-order valence-electron chi connectivity index (χ1n) is 4.26. The summed E-state index contributed by atoms with van der Waals surface area (Å²) in [6, 6.07) is 4.73. The Hall–Kier alpha value is -0.480. The molecule has 1 aromatic rings. The van der Waals surface area contributed by atoms with E-state index in [0.717, 1.165) is 0 Å². The quantitative estimate of drug-likeness (QED) is 0.918. The molecule has 0 aliphatic rings. The molecule has 0 bridgehead atoms. The molecule has 0 spiro atoms. The van der Waals surface area contributed by atoms with Crippen molar-refractivity contribution in [3.63, 3.8) is 0 Å². The lowest BCUT2D eigenvalue weighted by atomic mass is 10.3. The second kappa shape index (κ2) is 7.74. The Morgan fingerprint density at radius 2 is 2.12 bits per heavy atom. The average Bonchev–Trinajstić information content (AvgIpc) is 2.17. The molecule has 2 N–H and O–H groups in total. The van der Waals surface area contributed by atoms with Crippen molar-refractivity contribution in [3.05, 3.63) is 40.1 Å². The molecule has 2 nitrogen and oxygen atoms in total. The monoisotopic (exact) mass is 285 g/mol. The molecule has 90 valence electrons. The molecule has 0 atom stereocenters. The summed E-state index contributed by atoms with van der Waals surface area (Å²) in [6.45, 7) is -0.0396. The van der Waals surface area contributed by atoms with Crippen LogP contribution < -0.4 is 10.5 Å². The first-order chi connectivity index (χ1) is 7.13. The average molecular weight is 287 g/mol. The normalized spacial score (nSPS) is 10.9. The van der Waals surface area contributed by atoms with Gasteiger partial charge in [0, 0.05) is 11.6 Å². The maximum Gasteiger partial charge on any atom is 0.139 e. The number of benzene rings is 1. The van der Waals surface area contributed by atoms with Crippen LogP contribution in [0.2, 0.25) is 10.0 Å². The van der Waals surface area contributed by atoms with Gasteiger partial charge in [0.05, 0.1) is 5.02 Å². The Bertz CT molecular complexity index is 371. The zero-order chi connectivity index (χ0) is 11.3. The SMILES string of the molecule is Cl.NC/C=C(\F)COc1ccc(Cl)cc1Cl. The van der Waals surface area contributed by atoms with E-state index in [1.54, 1.807) is 12.1 Å². The van der Waals surface area contributed by atoms with Crippen LogP contribution in [0.5, 0.6) is 5.75 Å². The van der Waals surface area contributed by atoms with Gasteiger partial charge in [0.2, 0.25) is 0 Å². The molecule has 0 saturated carbocycles. The zero-order valence-electron chi connectivity index (χ0n) is 8.25. The Morgan fingerprint density at radius 3 is 2.69 bits per heavy atom. The van der Waals surface area contributed by atoms with Crippen LogP contribution in [0.4, 0.5) is 4.39 Å². The van der Waals surface area contributed by atoms with Crippen molar-refractivity contribution in [2.24, 2.45) is 5.73 Å². The van der Waals surface area contributed by atoms with Gasteiger partial charge in [-0.25, -0.2) is 4.39 Å². The van der Waals surface area contributed by atoms with E-state index in [9.17, 15) is 4.39 Å². The van der Waals surface area contributed by atoms with Crippen LogP contribution in [0.1, 0.15) is 0 Å². The van der Waals surface area contributed by atoms with Gasteiger partial charge in [-0.3, -0.25) is 0 Å². The van der Waals surface area contributed by atoms with Crippen molar-refractivity contribution in [1.82, 2.24) is 0 Å². The summed E-state index contributed by atoms with van der Waals surface area (Å²) in [6.07, 6.45) is 1.24. The van der Waals surface area contributed by atoms with Gasteiger partial charge in [0.25, 0.3) is 0 Å². The molecule has 0 aromatic heterocycles. The predicted molar refractivity (Wildman–Crippen MR) is 67.5 cm³/mol. The van der Waals surface area contributed by atoms with E-state index in [1.165, 1.54) is 12.1 Å². The van der Waals surface area contributed by atoms with Crippen LogP contribution in [-0.2, 0) is 0 Å². The molecule has 0 saturated heterocycles. The molecule has 1 rings (SSSR count).